The van der Waals surface area contributed by atoms with E-state index in [1.165, 1.54) is 121 Å². The smallest absolute Gasteiger partial charge is 0.0330 e. The van der Waals surface area contributed by atoms with Crippen molar-refractivity contribution in [1.29, 1.82) is 0 Å². The van der Waals surface area contributed by atoms with E-state index in [4.69, 9.17) is 0 Å². The monoisotopic (exact) mass is 371 g/mol. The molecule has 0 aromatic heterocycles. The first-order valence-electron chi connectivity index (χ1n) is 12.2. The molecular weight excluding hydrogens is 326 g/mol. The van der Waals surface area contributed by atoms with Crippen molar-refractivity contribution in [2.45, 2.75) is 129 Å². The van der Waals surface area contributed by atoms with E-state index in [0.717, 1.165) is 6.04 Å². The summed E-state index contributed by atoms with van der Waals surface area (Å²) in [5.74, 6) is 0. The van der Waals surface area contributed by atoms with Crippen molar-refractivity contribution in [3.8, 4) is 0 Å². The van der Waals surface area contributed by atoms with Gasteiger partial charge in [-0.25, -0.2) is 0 Å². The SMILES string of the molecule is CCCCCCCCCCCCC1=CC=CN(C2CCCCCCC2)C=C1. The molecule has 0 spiro atoms. The fraction of sp³-hybridized carbons (Fsp3) is 0.769. The Balaban J connectivity index is 1.56. The molecule has 1 heteroatoms. The van der Waals surface area contributed by atoms with Crippen molar-refractivity contribution in [3.63, 3.8) is 0 Å². The van der Waals surface area contributed by atoms with Crippen LogP contribution in [0.1, 0.15) is 122 Å². The first-order valence-corrected chi connectivity index (χ1v) is 12.2. The fourth-order valence-electron chi connectivity index (χ4n) is 4.51. The molecule has 1 aliphatic carbocycles. The van der Waals surface area contributed by atoms with E-state index >= 15 is 0 Å². The third kappa shape index (κ3) is 10.2. The number of hydrogen-bond donors (Lipinski definition) is 0. The van der Waals surface area contributed by atoms with Crippen molar-refractivity contribution in [3.05, 3.63) is 36.2 Å². The Labute approximate surface area is 170 Å². The number of hydrogen-bond acceptors (Lipinski definition) is 1. The van der Waals surface area contributed by atoms with Crippen molar-refractivity contribution in [2.75, 3.05) is 0 Å². The van der Waals surface area contributed by atoms with Gasteiger partial charge in [-0.05, 0) is 43.4 Å². The molecule has 0 unspecified atom stereocenters. The van der Waals surface area contributed by atoms with Crippen LogP contribution in [-0.2, 0) is 0 Å². The minimum Gasteiger partial charge on any atom is -0.351 e. The van der Waals surface area contributed by atoms with Gasteiger partial charge in [-0.2, -0.15) is 0 Å². The molecule has 0 atom stereocenters. The third-order valence-electron chi connectivity index (χ3n) is 6.34. The lowest BCUT2D eigenvalue weighted by Crippen LogP contribution is -2.26. The molecule has 0 N–H and O–H groups in total. The highest BCUT2D eigenvalue weighted by molar-refractivity contribution is 5.26. The number of allylic oxidation sites excluding steroid dienone is 4. The molecule has 27 heavy (non-hydrogen) atoms. The average Bonchev–Trinajstić information content (AvgIpc) is 2.89. The van der Waals surface area contributed by atoms with Crippen LogP contribution >= 0.6 is 0 Å². The maximum absolute atomic E-state index is 2.49. The van der Waals surface area contributed by atoms with Crippen LogP contribution in [0.2, 0.25) is 0 Å². The van der Waals surface area contributed by atoms with Gasteiger partial charge in [0.15, 0.2) is 0 Å². The molecule has 0 amide bonds. The predicted octanol–water partition coefficient (Wildman–Crippen LogP) is 8.68. The Kier molecular flexibility index (Phi) is 12.4. The van der Waals surface area contributed by atoms with Gasteiger partial charge in [0.1, 0.15) is 0 Å². The quantitative estimate of drug-likeness (QED) is 0.310. The first kappa shape index (κ1) is 22.3. The molecule has 0 saturated heterocycles. The molecule has 2 aliphatic rings. The molecule has 0 aromatic carbocycles. The van der Waals surface area contributed by atoms with E-state index in [9.17, 15) is 0 Å². The van der Waals surface area contributed by atoms with Gasteiger partial charge in [0.05, 0.1) is 0 Å². The van der Waals surface area contributed by atoms with Crippen molar-refractivity contribution < 1.29 is 0 Å². The van der Waals surface area contributed by atoms with Gasteiger partial charge in [0, 0.05) is 18.4 Å². The van der Waals surface area contributed by atoms with Crippen LogP contribution in [0.3, 0.4) is 0 Å². The van der Waals surface area contributed by atoms with Crippen molar-refractivity contribution >= 4 is 0 Å². The van der Waals surface area contributed by atoms with Gasteiger partial charge in [0.2, 0.25) is 0 Å². The third-order valence-corrected chi connectivity index (χ3v) is 6.34. The lowest BCUT2D eigenvalue weighted by Gasteiger charge is -2.29. The van der Waals surface area contributed by atoms with E-state index in [-0.39, 0.29) is 0 Å². The molecule has 1 saturated carbocycles. The van der Waals surface area contributed by atoms with Crippen LogP contribution in [0, 0.1) is 0 Å². The van der Waals surface area contributed by atoms with E-state index in [0.29, 0.717) is 0 Å². The lowest BCUT2D eigenvalue weighted by molar-refractivity contribution is 0.293. The highest BCUT2D eigenvalue weighted by atomic mass is 15.1. The minimum atomic E-state index is 0.725. The second-order valence-corrected chi connectivity index (χ2v) is 8.78. The zero-order chi connectivity index (χ0) is 19.0. The van der Waals surface area contributed by atoms with E-state index < -0.39 is 0 Å². The molecule has 0 aromatic rings. The second-order valence-electron chi connectivity index (χ2n) is 8.78. The number of nitrogens with zero attached hydrogens (tertiary/aromatic N) is 1. The lowest BCUT2D eigenvalue weighted by atomic mass is 9.96. The molecule has 154 valence electrons. The highest BCUT2D eigenvalue weighted by Crippen LogP contribution is 2.24. The highest BCUT2D eigenvalue weighted by Gasteiger charge is 2.15. The van der Waals surface area contributed by atoms with Gasteiger partial charge in [-0.1, -0.05) is 103 Å². The molecule has 1 nitrogen and oxygen atoms in total. The Morgan fingerprint density at radius 3 is 2.00 bits per heavy atom. The van der Waals surface area contributed by atoms with E-state index in [2.05, 4.69) is 42.5 Å². The summed E-state index contributed by atoms with van der Waals surface area (Å²) in [5, 5.41) is 0. The van der Waals surface area contributed by atoms with Gasteiger partial charge in [-0.15, -0.1) is 0 Å². The molecule has 1 fully saturated rings. The van der Waals surface area contributed by atoms with E-state index in [1.54, 1.807) is 0 Å². The normalized spacial score (nSPS) is 18.9. The molecule has 1 heterocycles. The van der Waals surface area contributed by atoms with Gasteiger partial charge >= 0.3 is 0 Å². The predicted molar refractivity (Wildman–Crippen MR) is 121 cm³/mol. The number of unbranched alkanes of at least 4 members (excludes halogenated alkanes) is 9. The van der Waals surface area contributed by atoms with Gasteiger partial charge < -0.3 is 4.90 Å². The van der Waals surface area contributed by atoms with Gasteiger partial charge in [0.25, 0.3) is 0 Å². The first-order chi connectivity index (χ1) is 13.4. The largest absolute Gasteiger partial charge is 0.351 e. The number of rotatable bonds is 12. The Morgan fingerprint density at radius 2 is 1.33 bits per heavy atom. The summed E-state index contributed by atoms with van der Waals surface area (Å²) in [6.07, 6.45) is 37.0. The maximum Gasteiger partial charge on any atom is 0.0330 e. The summed E-state index contributed by atoms with van der Waals surface area (Å²) in [7, 11) is 0. The fourth-order valence-corrected chi connectivity index (χ4v) is 4.51. The molecule has 0 bridgehead atoms. The summed E-state index contributed by atoms with van der Waals surface area (Å²) in [6, 6.07) is 0.725. The second kappa shape index (κ2) is 15.0. The molecule has 0 radical (unpaired) electrons. The van der Waals surface area contributed by atoms with Crippen LogP contribution in [0.5, 0.6) is 0 Å². The van der Waals surface area contributed by atoms with Crippen LogP contribution in [0.4, 0.5) is 0 Å². The Morgan fingerprint density at radius 1 is 0.741 bits per heavy atom. The zero-order valence-corrected chi connectivity index (χ0v) is 18.1. The summed E-state index contributed by atoms with van der Waals surface area (Å²) in [5.41, 5.74) is 1.51. The summed E-state index contributed by atoms with van der Waals surface area (Å²) >= 11 is 0. The summed E-state index contributed by atoms with van der Waals surface area (Å²) in [4.78, 5) is 2.49. The van der Waals surface area contributed by atoms with Crippen molar-refractivity contribution in [1.82, 2.24) is 4.90 Å². The average molecular weight is 372 g/mol. The minimum absolute atomic E-state index is 0.725. The van der Waals surface area contributed by atoms with Crippen LogP contribution in [0.15, 0.2) is 36.2 Å². The maximum atomic E-state index is 2.49. The summed E-state index contributed by atoms with van der Waals surface area (Å²) in [6.45, 7) is 2.30. The Hall–Kier alpha value is -0.980. The zero-order valence-electron chi connectivity index (χ0n) is 18.1. The molecule has 1 aliphatic heterocycles. The molecular formula is C26H45N. The van der Waals surface area contributed by atoms with Crippen LogP contribution in [-0.4, -0.2) is 10.9 Å². The van der Waals surface area contributed by atoms with Crippen LogP contribution < -0.4 is 0 Å². The molecule has 2 rings (SSSR count). The van der Waals surface area contributed by atoms with Crippen molar-refractivity contribution in [2.24, 2.45) is 0 Å². The standard InChI is InChI=1S/C26H45N/c1-2-3-4-5-6-7-8-9-11-14-18-25-19-17-23-27(24-22-25)26-20-15-12-10-13-16-21-26/h17,19,22-24,26H,2-16,18,20-21H2,1H3. The summed E-state index contributed by atoms with van der Waals surface area (Å²) < 4.78 is 0. The van der Waals surface area contributed by atoms with E-state index in [1.807, 2.05) is 0 Å². The topological polar surface area (TPSA) is 3.24 Å². The van der Waals surface area contributed by atoms with Crippen LogP contribution in [0.25, 0.3) is 0 Å². The Bertz CT molecular complexity index is 437. The van der Waals surface area contributed by atoms with Gasteiger partial charge in [-0.3, -0.25) is 0 Å².